The third kappa shape index (κ3) is 2.27. The minimum absolute atomic E-state index is 0.120. The van der Waals surface area contributed by atoms with E-state index in [1.54, 1.807) is 12.1 Å². The molecule has 0 saturated carbocycles. The molecule has 0 bridgehead atoms. The van der Waals surface area contributed by atoms with Crippen molar-refractivity contribution in [2.24, 2.45) is 5.73 Å². The first kappa shape index (κ1) is 13.0. The van der Waals surface area contributed by atoms with Crippen molar-refractivity contribution in [2.45, 2.75) is 18.9 Å². The topological polar surface area (TPSA) is 127 Å². The zero-order valence-corrected chi connectivity index (χ0v) is 10.00. The molecule has 1 aromatic carbocycles. The molecule has 0 fully saturated rings. The minimum atomic E-state index is -1.76. The molecule has 2 amide bonds. The summed E-state index contributed by atoms with van der Waals surface area (Å²) in [6.45, 7) is 0. The van der Waals surface area contributed by atoms with Crippen LogP contribution >= 0.6 is 0 Å². The van der Waals surface area contributed by atoms with Crippen LogP contribution in [0.2, 0.25) is 0 Å². The zero-order chi connectivity index (χ0) is 14.2. The number of anilines is 2. The van der Waals surface area contributed by atoms with Gasteiger partial charge in [-0.15, -0.1) is 0 Å². The van der Waals surface area contributed by atoms with Crippen LogP contribution in [0.1, 0.15) is 12.0 Å². The number of amides is 2. The Bertz CT molecular complexity index is 570. The fraction of sp³-hybridized carbons (Fsp3) is 0.250. The fourth-order valence-corrected chi connectivity index (χ4v) is 2.00. The number of benzene rings is 1. The second-order valence-electron chi connectivity index (χ2n) is 4.27. The van der Waals surface area contributed by atoms with Gasteiger partial charge in [0.15, 0.2) is 6.04 Å². The Morgan fingerprint density at radius 1 is 1.32 bits per heavy atom. The van der Waals surface area contributed by atoms with E-state index in [0.717, 1.165) is 10.5 Å². The molecule has 7 nitrogen and oxygen atoms in total. The average Bonchev–Trinajstić information content (AvgIpc) is 2.37. The number of carbonyl (C=O) groups is 3. The maximum atomic E-state index is 12.0. The van der Waals surface area contributed by atoms with Gasteiger partial charge in [-0.1, -0.05) is 0 Å². The van der Waals surface area contributed by atoms with Gasteiger partial charge in [-0.05, 0) is 30.2 Å². The summed E-state index contributed by atoms with van der Waals surface area (Å²) in [5, 5.41) is 8.76. The normalized spacial score (nSPS) is 15.8. The SMILES string of the molecule is Nc1ccc2c(c1)CCC(=O)N2C(=O)C(N)C(=O)O. The highest BCUT2D eigenvalue weighted by molar-refractivity contribution is 6.22. The van der Waals surface area contributed by atoms with E-state index in [1.807, 2.05) is 0 Å². The van der Waals surface area contributed by atoms with Crippen molar-refractivity contribution < 1.29 is 19.5 Å². The molecule has 1 heterocycles. The van der Waals surface area contributed by atoms with Crippen LogP contribution in [0.15, 0.2) is 18.2 Å². The molecule has 0 aliphatic carbocycles. The molecule has 7 heteroatoms. The lowest BCUT2D eigenvalue weighted by Crippen LogP contribution is -2.52. The molecular weight excluding hydrogens is 250 g/mol. The molecule has 1 unspecified atom stereocenters. The maximum Gasteiger partial charge on any atom is 0.330 e. The van der Waals surface area contributed by atoms with Gasteiger partial charge in [0.25, 0.3) is 5.91 Å². The lowest BCUT2D eigenvalue weighted by Gasteiger charge is -2.28. The number of nitrogens with zero attached hydrogens (tertiary/aromatic N) is 1. The fourth-order valence-electron chi connectivity index (χ4n) is 2.00. The summed E-state index contributed by atoms with van der Waals surface area (Å²) < 4.78 is 0. The van der Waals surface area contributed by atoms with E-state index in [9.17, 15) is 14.4 Å². The number of carbonyl (C=O) groups excluding carboxylic acids is 2. The van der Waals surface area contributed by atoms with E-state index in [0.29, 0.717) is 17.8 Å². The van der Waals surface area contributed by atoms with Crippen molar-refractivity contribution in [3.8, 4) is 0 Å². The van der Waals surface area contributed by atoms with Gasteiger partial charge in [-0.3, -0.25) is 9.59 Å². The molecular formula is C12H13N3O4. The van der Waals surface area contributed by atoms with Crippen molar-refractivity contribution in [1.29, 1.82) is 0 Å². The summed E-state index contributed by atoms with van der Waals surface area (Å²) in [6, 6.07) is 2.97. The molecule has 0 radical (unpaired) electrons. The molecule has 1 aliphatic rings. The Hall–Kier alpha value is -2.41. The second-order valence-corrected chi connectivity index (χ2v) is 4.27. The molecule has 2 rings (SSSR count). The van der Waals surface area contributed by atoms with Gasteiger partial charge in [-0.2, -0.15) is 0 Å². The maximum absolute atomic E-state index is 12.0. The number of aryl methyl sites for hydroxylation is 1. The smallest absolute Gasteiger partial charge is 0.330 e. The number of aliphatic carboxylic acids is 1. The molecule has 0 aromatic heterocycles. The van der Waals surface area contributed by atoms with Gasteiger partial charge in [0.05, 0.1) is 5.69 Å². The molecule has 1 aliphatic heterocycles. The first-order valence-electron chi connectivity index (χ1n) is 5.65. The summed E-state index contributed by atoms with van der Waals surface area (Å²) in [7, 11) is 0. The van der Waals surface area contributed by atoms with Crippen LogP contribution in [0.5, 0.6) is 0 Å². The third-order valence-electron chi connectivity index (χ3n) is 2.95. The zero-order valence-electron chi connectivity index (χ0n) is 10.00. The molecule has 1 atom stereocenters. The molecule has 19 heavy (non-hydrogen) atoms. The molecule has 0 spiro atoms. The van der Waals surface area contributed by atoms with Crippen molar-refractivity contribution in [2.75, 3.05) is 10.6 Å². The molecule has 1 aromatic rings. The predicted octanol–water partition coefficient (Wildman–Crippen LogP) is -0.514. The number of hydrogen-bond donors (Lipinski definition) is 3. The van der Waals surface area contributed by atoms with E-state index >= 15 is 0 Å². The number of nitrogen functional groups attached to an aromatic ring is 1. The second kappa shape index (κ2) is 4.69. The summed E-state index contributed by atoms with van der Waals surface area (Å²) in [6.07, 6.45) is 0.583. The highest BCUT2D eigenvalue weighted by atomic mass is 16.4. The first-order chi connectivity index (χ1) is 8.91. The van der Waals surface area contributed by atoms with Crippen LogP contribution in [0.3, 0.4) is 0 Å². The van der Waals surface area contributed by atoms with E-state index in [2.05, 4.69) is 0 Å². The number of imide groups is 1. The third-order valence-corrected chi connectivity index (χ3v) is 2.95. The van der Waals surface area contributed by atoms with Gasteiger partial charge in [0.2, 0.25) is 5.91 Å². The lowest BCUT2D eigenvalue weighted by atomic mass is 9.99. The lowest BCUT2D eigenvalue weighted by molar-refractivity contribution is -0.142. The van der Waals surface area contributed by atoms with Gasteiger partial charge < -0.3 is 16.6 Å². The van der Waals surface area contributed by atoms with E-state index in [-0.39, 0.29) is 6.42 Å². The van der Waals surface area contributed by atoms with Crippen molar-refractivity contribution in [3.05, 3.63) is 23.8 Å². The minimum Gasteiger partial charge on any atom is -0.480 e. The van der Waals surface area contributed by atoms with Crippen LogP contribution < -0.4 is 16.4 Å². The number of carboxylic acid groups (broad SMARTS) is 1. The van der Waals surface area contributed by atoms with Crippen LogP contribution in [0, 0.1) is 0 Å². The standard InChI is InChI=1S/C12H13N3O4/c13-7-2-3-8-6(5-7)1-4-9(16)15(8)11(17)10(14)12(18)19/h2-3,5,10H,1,4,13-14H2,(H,18,19). The predicted molar refractivity (Wildman–Crippen MR) is 67.3 cm³/mol. The van der Waals surface area contributed by atoms with Gasteiger partial charge >= 0.3 is 5.97 Å². The van der Waals surface area contributed by atoms with Crippen molar-refractivity contribution >= 4 is 29.2 Å². The Morgan fingerprint density at radius 2 is 2.00 bits per heavy atom. The average molecular weight is 263 g/mol. The molecule has 100 valence electrons. The number of rotatable bonds is 2. The Balaban J connectivity index is 2.43. The number of carboxylic acids is 1. The number of hydrogen-bond acceptors (Lipinski definition) is 5. The molecule has 0 saturated heterocycles. The quantitative estimate of drug-likeness (QED) is 0.487. The van der Waals surface area contributed by atoms with Crippen LogP contribution in [0.25, 0.3) is 0 Å². The van der Waals surface area contributed by atoms with Gasteiger partial charge in [0.1, 0.15) is 0 Å². The molecule has 5 N–H and O–H groups in total. The van der Waals surface area contributed by atoms with Crippen LogP contribution in [-0.4, -0.2) is 28.9 Å². The van der Waals surface area contributed by atoms with E-state index in [1.165, 1.54) is 6.07 Å². The number of nitrogens with two attached hydrogens (primary N) is 2. The summed E-state index contributed by atoms with van der Waals surface area (Å²) >= 11 is 0. The summed E-state index contributed by atoms with van der Waals surface area (Å²) in [4.78, 5) is 35.4. The van der Waals surface area contributed by atoms with Crippen molar-refractivity contribution in [1.82, 2.24) is 0 Å². The van der Waals surface area contributed by atoms with Gasteiger partial charge in [0, 0.05) is 12.1 Å². The van der Waals surface area contributed by atoms with Crippen LogP contribution in [-0.2, 0) is 20.8 Å². The largest absolute Gasteiger partial charge is 0.480 e. The Labute approximate surface area is 108 Å². The Kier molecular flexibility index (Phi) is 3.22. The summed E-state index contributed by atoms with van der Waals surface area (Å²) in [5.41, 5.74) is 12.5. The van der Waals surface area contributed by atoms with Gasteiger partial charge in [-0.25, -0.2) is 9.69 Å². The highest BCUT2D eigenvalue weighted by Crippen LogP contribution is 2.29. The summed E-state index contributed by atoms with van der Waals surface area (Å²) in [5.74, 6) is -2.87. The van der Waals surface area contributed by atoms with E-state index in [4.69, 9.17) is 16.6 Å². The monoisotopic (exact) mass is 263 g/mol. The van der Waals surface area contributed by atoms with Crippen molar-refractivity contribution in [3.63, 3.8) is 0 Å². The van der Waals surface area contributed by atoms with Crippen LogP contribution in [0.4, 0.5) is 11.4 Å². The van der Waals surface area contributed by atoms with E-state index < -0.39 is 23.8 Å². The first-order valence-corrected chi connectivity index (χ1v) is 5.65. The Morgan fingerprint density at radius 3 is 2.63 bits per heavy atom. The highest BCUT2D eigenvalue weighted by Gasteiger charge is 2.35. The number of fused-ring (bicyclic) bond motifs is 1.